The van der Waals surface area contributed by atoms with Crippen molar-refractivity contribution >= 4 is 22.6 Å². The molecule has 0 aliphatic heterocycles. The first kappa shape index (κ1) is 14.0. The van der Waals surface area contributed by atoms with Gasteiger partial charge in [-0.05, 0) is 28.7 Å². The molecule has 3 nitrogen and oxygen atoms in total. The summed E-state index contributed by atoms with van der Waals surface area (Å²) in [6.45, 7) is -1.12. The van der Waals surface area contributed by atoms with Gasteiger partial charge in [-0.1, -0.05) is 0 Å². The second-order valence-electron chi connectivity index (χ2n) is 2.90. The monoisotopic (exact) mass is 360 g/mol. The van der Waals surface area contributed by atoms with E-state index < -0.39 is 18.9 Å². The highest BCUT2D eigenvalue weighted by molar-refractivity contribution is 14.1. The predicted molar refractivity (Wildman–Crippen MR) is 57.8 cm³/mol. The first-order valence-corrected chi connectivity index (χ1v) is 5.32. The highest BCUT2D eigenvalue weighted by Crippen LogP contribution is 2.29. The summed E-state index contributed by atoms with van der Waals surface area (Å²) in [5, 5.41) is 8.43. The van der Waals surface area contributed by atoms with E-state index >= 15 is 0 Å². The lowest BCUT2D eigenvalue weighted by atomic mass is 10.2. The van der Waals surface area contributed by atoms with Gasteiger partial charge in [-0.3, -0.25) is 0 Å². The Labute approximate surface area is 108 Å². The molecule has 0 radical (unpaired) electrons. The molecule has 92 valence electrons. The smallest absolute Gasteiger partial charge is 0.387 e. The highest BCUT2D eigenvalue weighted by atomic mass is 127. The van der Waals surface area contributed by atoms with E-state index in [1.165, 1.54) is 6.07 Å². The molecule has 0 amide bonds. The second kappa shape index (κ2) is 5.48. The number of nitriles is 1. The zero-order chi connectivity index (χ0) is 13.1. The van der Waals surface area contributed by atoms with Gasteiger partial charge in [0.05, 0.1) is 23.7 Å². The zero-order valence-electron chi connectivity index (χ0n) is 8.18. The Morgan fingerprint density at radius 1 is 1.47 bits per heavy atom. The van der Waals surface area contributed by atoms with Gasteiger partial charge >= 0.3 is 6.36 Å². The van der Waals surface area contributed by atoms with Gasteiger partial charge in [-0.2, -0.15) is 5.26 Å². The van der Waals surface area contributed by atoms with Crippen LogP contribution in [0.3, 0.4) is 0 Å². The van der Waals surface area contributed by atoms with Crippen LogP contribution in [0.2, 0.25) is 0 Å². The maximum absolute atomic E-state index is 12.6. The molecule has 0 unspecified atom stereocenters. The maximum Gasteiger partial charge on any atom is 0.574 e. The van der Waals surface area contributed by atoms with E-state index in [-0.39, 0.29) is 21.2 Å². The van der Waals surface area contributed by atoms with E-state index in [1.807, 2.05) is 0 Å². The van der Waals surface area contributed by atoms with Crippen molar-refractivity contribution in [3.8, 4) is 11.9 Å². The largest absolute Gasteiger partial charge is 0.574 e. The molecule has 17 heavy (non-hydrogen) atoms. The predicted octanol–water partition coefficient (Wildman–Crippen LogP) is 3.12. The number of alkyl halides is 4. The lowest BCUT2D eigenvalue weighted by Gasteiger charge is -2.12. The van der Waals surface area contributed by atoms with E-state index in [0.717, 1.165) is 0 Å². The highest BCUT2D eigenvalue weighted by Gasteiger charge is 2.33. The fourth-order valence-electron chi connectivity index (χ4n) is 1.05. The Morgan fingerprint density at radius 2 is 2.12 bits per heavy atom. The zero-order valence-corrected chi connectivity index (χ0v) is 10.3. The van der Waals surface area contributed by atoms with Crippen LogP contribution in [0.5, 0.6) is 5.88 Å². The van der Waals surface area contributed by atoms with Crippen LogP contribution >= 0.6 is 22.6 Å². The van der Waals surface area contributed by atoms with Crippen molar-refractivity contribution in [3.63, 3.8) is 0 Å². The van der Waals surface area contributed by atoms with Gasteiger partial charge in [-0.15, -0.1) is 13.2 Å². The lowest BCUT2D eigenvalue weighted by Crippen LogP contribution is -2.19. The molecule has 1 rings (SSSR count). The fraction of sp³-hybridized carbons (Fsp3) is 0.333. The average molecular weight is 360 g/mol. The van der Waals surface area contributed by atoms with Crippen LogP contribution in [0.25, 0.3) is 0 Å². The molecule has 0 spiro atoms. The first-order valence-electron chi connectivity index (χ1n) is 4.24. The van der Waals surface area contributed by atoms with Gasteiger partial charge in [0.1, 0.15) is 6.67 Å². The minimum absolute atomic E-state index is 0.105. The van der Waals surface area contributed by atoms with Crippen LogP contribution < -0.4 is 4.74 Å². The van der Waals surface area contributed by atoms with Crippen LogP contribution in [0.4, 0.5) is 17.6 Å². The molecular formula is C9H5F4IN2O. The third-order valence-corrected chi connectivity index (χ3v) is 2.65. The molecule has 0 bridgehead atoms. The Kier molecular flexibility index (Phi) is 4.50. The molecule has 0 saturated carbocycles. The summed E-state index contributed by atoms with van der Waals surface area (Å²) in [4.78, 5) is 3.47. The quantitative estimate of drug-likeness (QED) is 0.615. The Bertz CT molecular complexity index is 456. The van der Waals surface area contributed by atoms with Crippen molar-refractivity contribution in [2.24, 2.45) is 0 Å². The van der Waals surface area contributed by atoms with Crippen molar-refractivity contribution < 1.29 is 22.3 Å². The number of nitrogens with zero attached hydrogens (tertiary/aromatic N) is 2. The molecule has 0 fully saturated rings. The summed E-state index contributed by atoms with van der Waals surface area (Å²) < 4.78 is 52.6. The van der Waals surface area contributed by atoms with E-state index in [9.17, 15) is 17.6 Å². The number of hydrogen-bond acceptors (Lipinski definition) is 3. The molecule has 0 atom stereocenters. The average Bonchev–Trinajstić information content (AvgIpc) is 2.15. The van der Waals surface area contributed by atoms with Crippen molar-refractivity contribution in [3.05, 3.63) is 20.9 Å². The molecule has 1 aromatic heterocycles. The Morgan fingerprint density at radius 3 is 2.59 bits per heavy atom. The number of pyridine rings is 1. The molecule has 0 aliphatic carbocycles. The Balaban J connectivity index is 3.20. The second-order valence-corrected chi connectivity index (χ2v) is 4.06. The summed E-state index contributed by atoms with van der Waals surface area (Å²) >= 11 is 1.67. The maximum atomic E-state index is 12.6. The van der Waals surface area contributed by atoms with Crippen LogP contribution in [-0.4, -0.2) is 11.3 Å². The minimum atomic E-state index is -4.94. The van der Waals surface area contributed by atoms with E-state index in [1.54, 1.807) is 28.7 Å². The molecule has 1 aromatic rings. The number of rotatable bonds is 3. The molecule has 0 aliphatic rings. The van der Waals surface area contributed by atoms with Crippen molar-refractivity contribution in [1.82, 2.24) is 4.98 Å². The molecule has 0 N–H and O–H groups in total. The van der Waals surface area contributed by atoms with Gasteiger partial charge in [0.25, 0.3) is 0 Å². The van der Waals surface area contributed by atoms with Gasteiger partial charge in [0, 0.05) is 3.57 Å². The van der Waals surface area contributed by atoms with Crippen LogP contribution in [-0.2, 0) is 13.1 Å². The molecule has 0 saturated heterocycles. The lowest BCUT2D eigenvalue weighted by molar-refractivity contribution is -0.276. The molecule has 8 heteroatoms. The van der Waals surface area contributed by atoms with Gasteiger partial charge in [-0.25, -0.2) is 9.37 Å². The van der Waals surface area contributed by atoms with Crippen LogP contribution in [0.15, 0.2) is 6.07 Å². The molecule has 1 heterocycles. The summed E-state index contributed by atoms with van der Waals surface area (Å²) in [6, 6.07) is 3.09. The van der Waals surface area contributed by atoms with Crippen molar-refractivity contribution in [1.29, 1.82) is 5.26 Å². The summed E-state index contributed by atoms with van der Waals surface area (Å²) in [5.74, 6) is -0.836. The molecular weight excluding hydrogens is 355 g/mol. The topological polar surface area (TPSA) is 45.9 Å². The minimum Gasteiger partial charge on any atom is -0.387 e. The standard InChI is InChI=1S/C9H5F4IN2O/c10-4-6-7(14)3-5(1-2-15)16-8(6)17-9(11,12)13/h3H,1,4H2. The van der Waals surface area contributed by atoms with Crippen LogP contribution in [0.1, 0.15) is 11.3 Å². The van der Waals surface area contributed by atoms with Gasteiger partial charge in [0.2, 0.25) is 5.88 Å². The first-order chi connectivity index (χ1) is 7.87. The van der Waals surface area contributed by atoms with Gasteiger partial charge < -0.3 is 4.74 Å². The normalized spacial score (nSPS) is 11.1. The number of aromatic nitrogens is 1. The van der Waals surface area contributed by atoms with Crippen molar-refractivity contribution in [2.75, 3.05) is 0 Å². The SMILES string of the molecule is N#CCc1cc(I)c(CF)c(OC(F)(F)F)n1. The molecule has 0 aromatic carbocycles. The number of hydrogen-bond donors (Lipinski definition) is 0. The number of halogens is 5. The van der Waals surface area contributed by atoms with E-state index in [2.05, 4.69) is 9.72 Å². The summed E-state index contributed by atoms with van der Waals surface area (Å²) in [7, 11) is 0. The third-order valence-electron chi connectivity index (χ3n) is 1.69. The van der Waals surface area contributed by atoms with E-state index in [0.29, 0.717) is 0 Å². The summed E-state index contributed by atoms with van der Waals surface area (Å²) in [6.07, 6.45) is -5.11. The van der Waals surface area contributed by atoms with Crippen molar-refractivity contribution in [2.45, 2.75) is 19.5 Å². The fourth-order valence-corrected chi connectivity index (χ4v) is 1.79. The Hall–Kier alpha value is -1.11. The number of ether oxygens (including phenoxy) is 1. The third kappa shape index (κ3) is 3.99. The summed E-state index contributed by atoms with van der Waals surface area (Å²) in [5.41, 5.74) is -0.169. The van der Waals surface area contributed by atoms with Crippen LogP contribution in [0, 0.1) is 14.9 Å². The van der Waals surface area contributed by atoms with E-state index in [4.69, 9.17) is 5.26 Å². The van der Waals surface area contributed by atoms with Gasteiger partial charge in [0.15, 0.2) is 0 Å².